The third-order valence-corrected chi connectivity index (χ3v) is 8.77. The van der Waals surface area contributed by atoms with E-state index in [1.165, 1.54) is 96.3 Å². The van der Waals surface area contributed by atoms with Crippen LogP contribution in [0.2, 0.25) is 0 Å². The third kappa shape index (κ3) is 14.7. The lowest BCUT2D eigenvalue weighted by molar-refractivity contribution is 0.0486. The van der Waals surface area contributed by atoms with Crippen molar-refractivity contribution in [1.29, 1.82) is 0 Å². The maximum absolute atomic E-state index is 12.5. The minimum Gasteiger partial charge on any atom is -0.494 e. The van der Waals surface area contributed by atoms with E-state index >= 15 is 0 Å². The Balaban J connectivity index is 0.994. The van der Waals surface area contributed by atoms with Crippen molar-refractivity contribution >= 4 is 28.6 Å². The summed E-state index contributed by atoms with van der Waals surface area (Å²) in [5.74, 6) is 1.02. The predicted octanol–water partition coefficient (Wildman–Crippen LogP) is 11.2. The van der Waals surface area contributed by atoms with Gasteiger partial charge in [0.25, 0.3) is 0 Å². The molecule has 8 nitrogen and oxygen atoms in total. The molecule has 0 unspecified atom stereocenters. The van der Waals surface area contributed by atoms with Gasteiger partial charge in [0.2, 0.25) is 0 Å². The van der Waals surface area contributed by atoms with Crippen LogP contribution in [0.5, 0.6) is 11.5 Å². The van der Waals surface area contributed by atoms with E-state index in [1.54, 1.807) is 36.4 Å². The van der Waals surface area contributed by atoms with Crippen LogP contribution in [0.3, 0.4) is 0 Å². The number of para-hydroxylation sites is 1. The van der Waals surface area contributed by atoms with Crippen LogP contribution < -0.4 is 20.4 Å². The quantitative estimate of drug-likeness (QED) is 0.0515. The van der Waals surface area contributed by atoms with Crippen molar-refractivity contribution in [2.45, 2.75) is 116 Å². The maximum atomic E-state index is 12.5. The molecule has 0 saturated heterocycles. The number of anilines is 2. The number of carbonyl (C=O) groups is 1. The van der Waals surface area contributed by atoms with Gasteiger partial charge in [-0.2, -0.15) is 4.98 Å². The molecular weight excluding hydrogens is 628 g/mol. The minimum absolute atomic E-state index is 0.104. The van der Waals surface area contributed by atoms with Crippen molar-refractivity contribution in [3.8, 4) is 11.5 Å². The monoisotopic (exact) mass is 684 g/mol. The van der Waals surface area contributed by atoms with E-state index in [4.69, 9.17) is 18.6 Å². The lowest BCUT2D eigenvalue weighted by atomic mass is 10.0. The van der Waals surface area contributed by atoms with Crippen molar-refractivity contribution in [2.75, 3.05) is 25.1 Å². The first-order chi connectivity index (χ1) is 24.6. The Morgan fingerprint density at radius 2 is 1.24 bits per heavy atom. The zero-order chi connectivity index (χ0) is 35.1. The Morgan fingerprint density at radius 3 is 1.92 bits per heavy atom. The number of esters is 1. The zero-order valence-electron chi connectivity index (χ0n) is 30.0. The molecule has 0 fully saturated rings. The number of fused-ring (bicyclic) bond motifs is 1. The molecule has 0 aliphatic heterocycles. The fraction of sp³-hybridized carbons (Fsp3) is 0.500. The Bertz CT molecular complexity index is 1590. The number of aromatic nitrogens is 1. The highest BCUT2D eigenvalue weighted by Crippen LogP contribution is 2.22. The average Bonchev–Trinajstić information content (AvgIpc) is 3.13. The molecule has 270 valence electrons. The molecule has 8 heteroatoms. The molecule has 1 aromatic heterocycles. The van der Waals surface area contributed by atoms with Crippen LogP contribution in [0.15, 0.2) is 82.0 Å². The molecule has 0 bridgehead atoms. The number of hydrogen-bond donors (Lipinski definition) is 1. The van der Waals surface area contributed by atoms with E-state index in [0.29, 0.717) is 47.5 Å². The second kappa shape index (κ2) is 23.1. The lowest BCUT2D eigenvalue weighted by Gasteiger charge is -2.10. The van der Waals surface area contributed by atoms with Gasteiger partial charge >= 0.3 is 17.6 Å². The molecule has 0 atom stereocenters. The summed E-state index contributed by atoms with van der Waals surface area (Å²) in [6.07, 6.45) is 22.1. The van der Waals surface area contributed by atoms with Gasteiger partial charge in [-0.15, -0.1) is 0 Å². The van der Waals surface area contributed by atoms with Gasteiger partial charge in [-0.1, -0.05) is 121 Å². The van der Waals surface area contributed by atoms with E-state index < -0.39 is 5.63 Å². The highest BCUT2D eigenvalue weighted by atomic mass is 16.5. The van der Waals surface area contributed by atoms with Gasteiger partial charge in [0.05, 0.1) is 36.3 Å². The summed E-state index contributed by atoms with van der Waals surface area (Å²) < 4.78 is 22.4. The molecular formula is C42H56N2O6. The number of ether oxygens (including phenoxy) is 3. The Labute approximate surface area is 297 Å². The molecule has 4 aromatic rings. The van der Waals surface area contributed by atoms with Crippen molar-refractivity contribution in [1.82, 2.24) is 4.98 Å². The van der Waals surface area contributed by atoms with Crippen molar-refractivity contribution < 1.29 is 23.4 Å². The summed E-state index contributed by atoms with van der Waals surface area (Å²) in [6.45, 7) is 3.57. The van der Waals surface area contributed by atoms with Crippen LogP contribution in [-0.2, 0) is 4.74 Å². The van der Waals surface area contributed by atoms with E-state index in [2.05, 4.69) is 17.2 Å². The normalized spacial score (nSPS) is 11.1. The number of nitrogens with zero attached hydrogens (tertiary/aromatic N) is 1. The van der Waals surface area contributed by atoms with Gasteiger partial charge in [-0.3, -0.25) is 0 Å². The van der Waals surface area contributed by atoms with E-state index in [9.17, 15) is 9.59 Å². The molecule has 3 aromatic carbocycles. The van der Waals surface area contributed by atoms with E-state index in [0.717, 1.165) is 12.2 Å². The van der Waals surface area contributed by atoms with Gasteiger partial charge in [0, 0.05) is 18.2 Å². The molecule has 0 spiro atoms. The fourth-order valence-corrected chi connectivity index (χ4v) is 5.88. The summed E-state index contributed by atoms with van der Waals surface area (Å²) in [6, 6.07) is 21.5. The van der Waals surface area contributed by atoms with Crippen LogP contribution in [0, 0.1) is 0 Å². The molecule has 0 amide bonds. The summed E-state index contributed by atoms with van der Waals surface area (Å²) in [7, 11) is 0. The maximum Gasteiger partial charge on any atom is 0.348 e. The second-order valence-corrected chi connectivity index (χ2v) is 13.0. The minimum atomic E-state index is -0.454. The van der Waals surface area contributed by atoms with E-state index in [1.807, 2.05) is 36.4 Å². The van der Waals surface area contributed by atoms with Crippen molar-refractivity contribution in [2.24, 2.45) is 0 Å². The summed E-state index contributed by atoms with van der Waals surface area (Å²) in [5.41, 5.74) is 1.26. The molecule has 0 radical (unpaired) electrons. The number of benzene rings is 3. The van der Waals surface area contributed by atoms with Gasteiger partial charge in [0.1, 0.15) is 11.5 Å². The predicted molar refractivity (Wildman–Crippen MR) is 202 cm³/mol. The summed E-state index contributed by atoms with van der Waals surface area (Å²) in [4.78, 5) is 29.1. The van der Waals surface area contributed by atoms with Crippen LogP contribution >= 0.6 is 0 Å². The fourth-order valence-electron chi connectivity index (χ4n) is 5.88. The topological polar surface area (TPSA) is 99.9 Å². The largest absolute Gasteiger partial charge is 0.494 e. The third-order valence-electron chi connectivity index (χ3n) is 8.77. The first kappa shape index (κ1) is 38.5. The van der Waals surface area contributed by atoms with Crippen molar-refractivity contribution in [3.05, 3.63) is 88.8 Å². The number of nitrogens with one attached hydrogen (secondary N) is 1. The van der Waals surface area contributed by atoms with Crippen LogP contribution in [0.4, 0.5) is 11.7 Å². The number of rotatable bonds is 26. The Morgan fingerprint density at radius 1 is 0.640 bits per heavy atom. The lowest BCUT2D eigenvalue weighted by Crippen LogP contribution is -2.09. The molecule has 4 rings (SSSR count). The smallest absolute Gasteiger partial charge is 0.348 e. The van der Waals surface area contributed by atoms with Crippen LogP contribution in [-0.4, -0.2) is 30.8 Å². The van der Waals surface area contributed by atoms with Gasteiger partial charge in [-0.05, 0) is 55.0 Å². The highest BCUT2D eigenvalue weighted by Gasteiger charge is 2.09. The zero-order valence-corrected chi connectivity index (χ0v) is 30.0. The number of unbranched alkanes of at least 4 members (excludes halogenated alkanes) is 15. The molecule has 1 N–H and O–H groups in total. The Kier molecular flexibility index (Phi) is 17.8. The van der Waals surface area contributed by atoms with Crippen LogP contribution in [0.1, 0.15) is 126 Å². The van der Waals surface area contributed by atoms with Gasteiger partial charge in [0.15, 0.2) is 0 Å². The molecule has 0 aliphatic rings. The first-order valence-corrected chi connectivity index (χ1v) is 18.9. The summed E-state index contributed by atoms with van der Waals surface area (Å²) in [5, 5.41) is 3.44. The standard InChI is InChI=1S/C42H56N2O6/c1-2-3-4-5-6-7-8-9-10-11-12-13-14-15-16-19-30-47-36-28-26-34(27-29-36)40(45)49-32-21-31-48-37-23-20-22-35(33-37)43-42-44-39-25-18-17-24-38(39)41(46)50-42/h17-18,20,22-29,33H,2-16,19,21,30-32H2,1H3,(H,43,44). The number of carbonyl (C=O) groups excluding carboxylic acids is 1. The molecule has 0 aliphatic carbocycles. The van der Waals surface area contributed by atoms with Gasteiger partial charge < -0.3 is 23.9 Å². The van der Waals surface area contributed by atoms with E-state index in [-0.39, 0.29) is 18.6 Å². The Hall–Kier alpha value is -4.33. The summed E-state index contributed by atoms with van der Waals surface area (Å²) >= 11 is 0. The highest BCUT2D eigenvalue weighted by molar-refractivity contribution is 5.89. The van der Waals surface area contributed by atoms with Crippen molar-refractivity contribution in [3.63, 3.8) is 0 Å². The first-order valence-electron chi connectivity index (χ1n) is 18.9. The molecule has 1 heterocycles. The second-order valence-electron chi connectivity index (χ2n) is 13.0. The number of hydrogen-bond acceptors (Lipinski definition) is 8. The van der Waals surface area contributed by atoms with Crippen LogP contribution in [0.25, 0.3) is 10.9 Å². The average molecular weight is 685 g/mol. The molecule has 0 saturated carbocycles. The molecule has 50 heavy (non-hydrogen) atoms. The SMILES string of the molecule is CCCCCCCCCCCCCCCCCCOc1ccc(C(=O)OCCCOc2cccc(Nc3nc4ccccc4c(=O)o3)c2)cc1. The van der Waals surface area contributed by atoms with Gasteiger partial charge in [-0.25, -0.2) is 9.59 Å².